The minimum absolute atomic E-state index is 0.333. The van der Waals surface area contributed by atoms with Gasteiger partial charge in [-0.05, 0) is 36.4 Å². The van der Waals surface area contributed by atoms with Gasteiger partial charge in [-0.2, -0.15) is 0 Å². The van der Waals surface area contributed by atoms with Crippen molar-refractivity contribution in [2.45, 2.75) is 0 Å². The fourth-order valence-corrected chi connectivity index (χ4v) is 1.90. The van der Waals surface area contributed by atoms with Crippen molar-refractivity contribution in [1.29, 1.82) is 0 Å². The van der Waals surface area contributed by atoms with Crippen LogP contribution in [0.4, 0.5) is 21.5 Å². The van der Waals surface area contributed by atoms with Gasteiger partial charge in [0.25, 0.3) is 0 Å². The maximum Gasteiger partial charge on any atom is 0.148 e. The molecule has 2 aromatic carbocycles. The summed E-state index contributed by atoms with van der Waals surface area (Å²) in [6, 6.07) is 9.77. The lowest BCUT2D eigenvalue weighted by molar-refractivity contribution is 0.632. The third kappa shape index (κ3) is 2.90. The highest BCUT2D eigenvalue weighted by Gasteiger charge is 2.06. The first-order valence-electron chi connectivity index (χ1n) is 4.83. The number of nitrogens with two attached hydrogens (primary N) is 1. The molecule has 88 valence electrons. The number of hydrogen-bond donors (Lipinski definition) is 2. The third-order valence-electron chi connectivity index (χ3n) is 2.19. The molecule has 5 heteroatoms. The monoisotopic (exact) mass is 314 g/mol. The fourth-order valence-electron chi connectivity index (χ4n) is 1.37. The van der Waals surface area contributed by atoms with E-state index in [1.54, 1.807) is 24.3 Å². The smallest absolute Gasteiger partial charge is 0.148 e. The molecule has 0 aliphatic heterocycles. The molecule has 0 saturated carbocycles. The molecule has 3 N–H and O–H groups in total. The van der Waals surface area contributed by atoms with Crippen molar-refractivity contribution in [3.63, 3.8) is 0 Å². The lowest BCUT2D eigenvalue weighted by Crippen LogP contribution is -1.96. The Labute approximate surface area is 112 Å². The molecule has 0 saturated heterocycles. The summed E-state index contributed by atoms with van der Waals surface area (Å²) in [6.45, 7) is 0. The lowest BCUT2D eigenvalue weighted by atomic mass is 10.2. The molecular formula is C12H9BrClFN2. The van der Waals surface area contributed by atoms with E-state index in [9.17, 15) is 4.39 Å². The number of halogens is 3. The quantitative estimate of drug-likeness (QED) is 0.797. The largest absolute Gasteiger partial charge is 0.399 e. The van der Waals surface area contributed by atoms with Crippen LogP contribution in [0.5, 0.6) is 0 Å². The van der Waals surface area contributed by atoms with Gasteiger partial charge in [0.1, 0.15) is 5.82 Å². The molecule has 0 aliphatic rings. The zero-order chi connectivity index (χ0) is 12.4. The first-order valence-corrected chi connectivity index (χ1v) is 6.00. The SMILES string of the molecule is Nc1ccc(Nc2cc(Br)ccc2Cl)c(F)c1. The van der Waals surface area contributed by atoms with Gasteiger partial charge < -0.3 is 11.1 Å². The highest BCUT2D eigenvalue weighted by molar-refractivity contribution is 9.10. The van der Waals surface area contributed by atoms with Crippen LogP contribution in [-0.2, 0) is 0 Å². The van der Waals surface area contributed by atoms with Gasteiger partial charge >= 0.3 is 0 Å². The second-order valence-electron chi connectivity index (χ2n) is 3.49. The highest BCUT2D eigenvalue weighted by Crippen LogP contribution is 2.30. The van der Waals surface area contributed by atoms with Gasteiger partial charge in [0, 0.05) is 10.2 Å². The van der Waals surface area contributed by atoms with Crippen molar-refractivity contribution in [1.82, 2.24) is 0 Å². The van der Waals surface area contributed by atoms with Crippen LogP contribution in [0.2, 0.25) is 5.02 Å². The molecule has 0 unspecified atom stereocenters. The van der Waals surface area contributed by atoms with Crippen LogP contribution in [0, 0.1) is 5.82 Å². The Hall–Kier alpha value is -1.26. The normalized spacial score (nSPS) is 10.3. The Morgan fingerprint density at radius 2 is 1.88 bits per heavy atom. The minimum Gasteiger partial charge on any atom is -0.399 e. The first-order chi connectivity index (χ1) is 8.06. The van der Waals surface area contributed by atoms with Crippen LogP contribution in [0.1, 0.15) is 0 Å². The predicted molar refractivity (Wildman–Crippen MR) is 73.2 cm³/mol. The average Bonchev–Trinajstić information content (AvgIpc) is 2.27. The van der Waals surface area contributed by atoms with Crippen LogP contribution in [0.3, 0.4) is 0 Å². The molecule has 2 nitrogen and oxygen atoms in total. The Bertz CT molecular complexity index is 560. The van der Waals surface area contributed by atoms with E-state index in [-0.39, 0.29) is 0 Å². The van der Waals surface area contributed by atoms with Crippen molar-refractivity contribution in [2.75, 3.05) is 11.1 Å². The van der Waals surface area contributed by atoms with Crippen molar-refractivity contribution >= 4 is 44.6 Å². The summed E-state index contributed by atoms with van der Waals surface area (Å²) in [4.78, 5) is 0. The summed E-state index contributed by atoms with van der Waals surface area (Å²) < 4.78 is 14.4. The van der Waals surface area contributed by atoms with Crippen LogP contribution >= 0.6 is 27.5 Å². The van der Waals surface area contributed by atoms with Gasteiger partial charge in [-0.3, -0.25) is 0 Å². The summed E-state index contributed by atoms with van der Waals surface area (Å²) in [5.74, 6) is -0.416. The summed E-state index contributed by atoms with van der Waals surface area (Å²) in [7, 11) is 0. The molecule has 0 spiro atoms. The average molecular weight is 316 g/mol. The molecule has 2 aromatic rings. The van der Waals surface area contributed by atoms with Crippen LogP contribution < -0.4 is 11.1 Å². The van der Waals surface area contributed by atoms with Crippen molar-refractivity contribution in [3.05, 3.63) is 51.7 Å². The van der Waals surface area contributed by atoms with Gasteiger partial charge in [-0.1, -0.05) is 27.5 Å². The van der Waals surface area contributed by atoms with Gasteiger partial charge in [-0.15, -0.1) is 0 Å². The number of anilines is 3. The van der Waals surface area contributed by atoms with Crippen molar-refractivity contribution in [3.8, 4) is 0 Å². The zero-order valence-corrected chi connectivity index (χ0v) is 11.0. The Kier molecular flexibility index (Phi) is 3.54. The van der Waals surface area contributed by atoms with Gasteiger partial charge in [0.05, 0.1) is 16.4 Å². The molecule has 0 aliphatic carbocycles. The molecule has 0 amide bonds. The van der Waals surface area contributed by atoms with Crippen molar-refractivity contribution in [2.24, 2.45) is 0 Å². The third-order valence-corrected chi connectivity index (χ3v) is 3.01. The standard InChI is InChI=1S/C12H9BrClFN2/c13-7-1-3-9(14)12(5-7)17-11-4-2-8(16)6-10(11)15/h1-6,17H,16H2. The van der Waals surface area contributed by atoms with E-state index in [4.69, 9.17) is 17.3 Å². The summed E-state index contributed by atoms with van der Waals surface area (Å²) in [5, 5.41) is 3.43. The van der Waals surface area contributed by atoms with E-state index in [1.165, 1.54) is 6.07 Å². The number of benzene rings is 2. The Morgan fingerprint density at radius 1 is 1.12 bits per heavy atom. The molecule has 0 aromatic heterocycles. The maximum atomic E-state index is 13.6. The van der Waals surface area contributed by atoms with Crippen LogP contribution in [0.15, 0.2) is 40.9 Å². The van der Waals surface area contributed by atoms with Gasteiger partial charge in [0.2, 0.25) is 0 Å². The van der Waals surface area contributed by atoms with E-state index >= 15 is 0 Å². The number of rotatable bonds is 2. The maximum absolute atomic E-state index is 13.6. The summed E-state index contributed by atoms with van der Waals surface area (Å²) >= 11 is 9.33. The topological polar surface area (TPSA) is 38.0 Å². The minimum atomic E-state index is -0.416. The summed E-state index contributed by atoms with van der Waals surface area (Å²) in [6.07, 6.45) is 0. The first kappa shape index (κ1) is 12.2. The van der Waals surface area contributed by atoms with Crippen LogP contribution in [0.25, 0.3) is 0 Å². The van der Waals surface area contributed by atoms with E-state index in [2.05, 4.69) is 21.2 Å². The number of hydrogen-bond acceptors (Lipinski definition) is 2. The fraction of sp³-hybridized carbons (Fsp3) is 0. The predicted octanol–water partition coefficient (Wildman–Crippen LogP) is 4.57. The molecule has 0 heterocycles. The zero-order valence-electron chi connectivity index (χ0n) is 8.68. The van der Waals surface area contributed by atoms with E-state index in [0.717, 1.165) is 4.47 Å². The molecule has 0 atom stereocenters. The van der Waals surface area contributed by atoms with Crippen LogP contribution in [-0.4, -0.2) is 0 Å². The molecule has 0 bridgehead atoms. The summed E-state index contributed by atoms with van der Waals surface area (Å²) in [5.41, 5.74) is 6.82. The Balaban J connectivity index is 2.34. The molecule has 17 heavy (non-hydrogen) atoms. The van der Waals surface area contributed by atoms with Crippen molar-refractivity contribution < 1.29 is 4.39 Å². The molecule has 0 fully saturated rings. The number of nitrogen functional groups attached to an aromatic ring is 1. The molecular weight excluding hydrogens is 307 g/mol. The highest BCUT2D eigenvalue weighted by atomic mass is 79.9. The van der Waals surface area contributed by atoms with Gasteiger partial charge in [0.15, 0.2) is 0 Å². The molecule has 0 radical (unpaired) electrons. The lowest BCUT2D eigenvalue weighted by Gasteiger charge is -2.10. The second-order valence-corrected chi connectivity index (χ2v) is 4.81. The van der Waals surface area contributed by atoms with E-state index in [1.807, 2.05) is 6.07 Å². The number of nitrogens with one attached hydrogen (secondary N) is 1. The second kappa shape index (κ2) is 4.94. The van der Waals surface area contributed by atoms with E-state index < -0.39 is 5.82 Å². The van der Waals surface area contributed by atoms with Gasteiger partial charge in [-0.25, -0.2) is 4.39 Å². The molecule has 2 rings (SSSR count). The Morgan fingerprint density at radius 3 is 2.59 bits per heavy atom. The van der Waals surface area contributed by atoms with E-state index in [0.29, 0.717) is 22.1 Å².